The molecule has 0 bridgehead atoms. The first kappa shape index (κ1) is 17.1. The third-order valence-electron chi connectivity index (χ3n) is 3.32. The quantitative estimate of drug-likeness (QED) is 0.669. The van der Waals surface area contributed by atoms with Crippen molar-refractivity contribution in [3.8, 4) is 11.1 Å². The highest BCUT2D eigenvalue weighted by atomic mass is 19.4. The van der Waals surface area contributed by atoms with Crippen LogP contribution in [0.25, 0.3) is 11.1 Å². The van der Waals surface area contributed by atoms with Gasteiger partial charge in [-0.1, -0.05) is 48.5 Å². The molecule has 0 radical (unpaired) electrons. The molecule has 0 saturated heterocycles. The first-order valence-corrected chi connectivity index (χ1v) is 6.55. The molecule has 2 rings (SSSR count). The lowest BCUT2D eigenvalue weighted by molar-refractivity contribution is -0.149. The summed E-state index contributed by atoms with van der Waals surface area (Å²) in [5.41, 5.74) is 6.07. The Labute approximate surface area is 128 Å². The fraction of sp³-hybridized carbons (Fsp3) is 0.188. The van der Waals surface area contributed by atoms with E-state index in [0.29, 0.717) is 11.1 Å². The summed E-state index contributed by atoms with van der Waals surface area (Å²) in [6.07, 6.45) is -7.61. The molecule has 0 fully saturated rings. The third-order valence-corrected chi connectivity index (χ3v) is 3.32. The highest BCUT2D eigenvalue weighted by Gasteiger charge is 2.37. The van der Waals surface area contributed by atoms with Crippen molar-refractivity contribution in [3.05, 3.63) is 59.7 Å². The SMILES string of the molecule is N[C@@H](c1ccc(-c2ccc(C(=O)C(F)F)cc2)cc1)C(F)(F)F. The Morgan fingerprint density at radius 3 is 1.70 bits per heavy atom. The summed E-state index contributed by atoms with van der Waals surface area (Å²) in [4.78, 5) is 11.1. The monoisotopic (exact) mass is 329 g/mol. The molecule has 0 aliphatic heterocycles. The van der Waals surface area contributed by atoms with Crippen molar-refractivity contribution in [2.45, 2.75) is 18.6 Å². The first-order valence-electron chi connectivity index (χ1n) is 6.55. The molecule has 2 aromatic carbocycles. The maximum atomic E-state index is 12.5. The van der Waals surface area contributed by atoms with Gasteiger partial charge < -0.3 is 5.73 Å². The summed E-state index contributed by atoms with van der Waals surface area (Å²) < 4.78 is 62.2. The maximum Gasteiger partial charge on any atom is 0.407 e. The number of ketones is 1. The van der Waals surface area contributed by atoms with Gasteiger partial charge in [0.05, 0.1) is 0 Å². The van der Waals surface area contributed by atoms with Crippen molar-refractivity contribution >= 4 is 5.78 Å². The molecule has 2 aromatic rings. The number of rotatable bonds is 4. The lowest BCUT2D eigenvalue weighted by atomic mass is 9.99. The van der Waals surface area contributed by atoms with Crippen LogP contribution in [-0.4, -0.2) is 18.4 Å². The molecule has 2 N–H and O–H groups in total. The van der Waals surface area contributed by atoms with Crippen molar-refractivity contribution < 1.29 is 26.7 Å². The maximum absolute atomic E-state index is 12.5. The van der Waals surface area contributed by atoms with Gasteiger partial charge in [-0.2, -0.15) is 13.2 Å². The molecular weight excluding hydrogens is 317 g/mol. The molecule has 0 amide bonds. The lowest BCUT2D eigenvalue weighted by Gasteiger charge is -2.16. The van der Waals surface area contributed by atoms with E-state index >= 15 is 0 Å². The van der Waals surface area contributed by atoms with Crippen molar-refractivity contribution in [2.24, 2.45) is 5.73 Å². The van der Waals surface area contributed by atoms with Crippen LogP contribution in [0, 0.1) is 0 Å². The van der Waals surface area contributed by atoms with Gasteiger partial charge in [-0.25, -0.2) is 8.78 Å². The van der Waals surface area contributed by atoms with Crippen LogP contribution in [0.1, 0.15) is 22.0 Å². The number of alkyl halides is 5. The second-order valence-corrected chi connectivity index (χ2v) is 4.88. The number of carbonyl (C=O) groups is 1. The zero-order chi connectivity index (χ0) is 17.2. The molecule has 7 heteroatoms. The van der Waals surface area contributed by atoms with E-state index in [1.165, 1.54) is 48.5 Å². The molecule has 0 aromatic heterocycles. The molecule has 0 unspecified atom stereocenters. The molecule has 122 valence electrons. The standard InChI is InChI=1S/C16H12F5NO/c17-15(18)13(23)11-5-1-9(2-6-11)10-3-7-12(8-4-10)14(22)16(19,20)21/h1-8,14-15H,22H2/t14-/m0/s1. The third kappa shape index (κ3) is 3.92. The fourth-order valence-electron chi connectivity index (χ4n) is 2.02. The van der Waals surface area contributed by atoms with Crippen LogP contribution in [0.4, 0.5) is 22.0 Å². The predicted octanol–water partition coefficient (Wildman–Crippen LogP) is 4.36. The Morgan fingerprint density at radius 1 is 0.870 bits per heavy atom. The number of Topliss-reactive ketones (excluding diaryl/α,β-unsaturated/α-hetero) is 1. The Morgan fingerprint density at radius 2 is 1.30 bits per heavy atom. The summed E-state index contributed by atoms with van der Waals surface area (Å²) >= 11 is 0. The van der Waals surface area contributed by atoms with Crippen LogP contribution < -0.4 is 5.73 Å². The topological polar surface area (TPSA) is 43.1 Å². The van der Waals surface area contributed by atoms with Crippen LogP contribution in [0.15, 0.2) is 48.5 Å². The summed E-state index contributed by atoms with van der Waals surface area (Å²) in [5, 5.41) is 0. The van der Waals surface area contributed by atoms with E-state index in [9.17, 15) is 26.7 Å². The van der Waals surface area contributed by atoms with E-state index in [1.807, 2.05) is 0 Å². The summed E-state index contributed by atoms with van der Waals surface area (Å²) in [7, 11) is 0. The molecule has 0 heterocycles. The Bertz CT molecular complexity index is 677. The van der Waals surface area contributed by atoms with E-state index in [4.69, 9.17) is 5.73 Å². The lowest BCUT2D eigenvalue weighted by Crippen LogP contribution is -2.28. The Hall–Kier alpha value is -2.28. The van der Waals surface area contributed by atoms with Crippen LogP contribution >= 0.6 is 0 Å². The normalized spacial score (nSPS) is 13.2. The van der Waals surface area contributed by atoms with Crippen LogP contribution in [0.5, 0.6) is 0 Å². The Kier molecular flexibility index (Phi) is 4.79. The minimum Gasteiger partial charge on any atom is -0.316 e. The van der Waals surface area contributed by atoms with Gasteiger partial charge in [0.15, 0.2) is 0 Å². The summed E-state index contributed by atoms with van der Waals surface area (Å²) in [5.74, 6) is -1.27. The minimum atomic E-state index is -4.53. The molecule has 2 nitrogen and oxygen atoms in total. The number of hydrogen-bond acceptors (Lipinski definition) is 2. The van der Waals surface area contributed by atoms with Crippen molar-refractivity contribution in [1.29, 1.82) is 0 Å². The van der Waals surface area contributed by atoms with Crippen molar-refractivity contribution in [3.63, 3.8) is 0 Å². The number of halogens is 5. The van der Waals surface area contributed by atoms with E-state index in [2.05, 4.69) is 0 Å². The second-order valence-electron chi connectivity index (χ2n) is 4.88. The fourth-order valence-corrected chi connectivity index (χ4v) is 2.02. The Balaban J connectivity index is 2.21. The number of benzene rings is 2. The van der Waals surface area contributed by atoms with Gasteiger partial charge in [0.2, 0.25) is 5.78 Å². The number of carbonyl (C=O) groups excluding carboxylic acids is 1. The zero-order valence-corrected chi connectivity index (χ0v) is 11.6. The minimum absolute atomic E-state index is 0.0780. The van der Waals surface area contributed by atoms with Crippen LogP contribution in [0.3, 0.4) is 0 Å². The van der Waals surface area contributed by atoms with Gasteiger partial charge in [0.25, 0.3) is 0 Å². The molecule has 0 spiro atoms. The predicted molar refractivity (Wildman–Crippen MR) is 75.2 cm³/mol. The molecule has 0 saturated carbocycles. The highest BCUT2D eigenvalue weighted by Crippen LogP contribution is 2.31. The van der Waals surface area contributed by atoms with E-state index in [0.717, 1.165) is 0 Å². The summed E-state index contributed by atoms with van der Waals surface area (Å²) in [6, 6.07) is 8.75. The molecule has 0 aliphatic rings. The highest BCUT2D eigenvalue weighted by molar-refractivity contribution is 5.98. The smallest absolute Gasteiger partial charge is 0.316 e. The van der Waals surface area contributed by atoms with Gasteiger partial charge in [0.1, 0.15) is 6.04 Å². The van der Waals surface area contributed by atoms with Crippen LogP contribution in [0.2, 0.25) is 0 Å². The van der Waals surface area contributed by atoms with Crippen LogP contribution in [-0.2, 0) is 0 Å². The number of hydrogen-bond donors (Lipinski definition) is 1. The van der Waals surface area contributed by atoms with E-state index in [1.54, 1.807) is 0 Å². The van der Waals surface area contributed by atoms with Gasteiger partial charge in [-0.15, -0.1) is 0 Å². The molecule has 0 aliphatic carbocycles. The average molecular weight is 329 g/mol. The molecular formula is C16H12F5NO. The first-order chi connectivity index (χ1) is 10.7. The largest absolute Gasteiger partial charge is 0.407 e. The average Bonchev–Trinajstić information content (AvgIpc) is 2.53. The van der Waals surface area contributed by atoms with Crippen molar-refractivity contribution in [1.82, 2.24) is 0 Å². The van der Waals surface area contributed by atoms with Gasteiger partial charge >= 0.3 is 12.6 Å². The number of nitrogens with two attached hydrogens (primary N) is 1. The second kappa shape index (κ2) is 6.45. The molecule has 1 atom stereocenters. The van der Waals surface area contributed by atoms with Gasteiger partial charge in [0, 0.05) is 5.56 Å². The molecule has 23 heavy (non-hydrogen) atoms. The zero-order valence-electron chi connectivity index (χ0n) is 11.6. The van der Waals surface area contributed by atoms with Gasteiger partial charge in [-0.3, -0.25) is 4.79 Å². The van der Waals surface area contributed by atoms with E-state index < -0.39 is 24.4 Å². The van der Waals surface area contributed by atoms with Gasteiger partial charge in [-0.05, 0) is 16.7 Å². The summed E-state index contributed by atoms with van der Waals surface area (Å²) in [6.45, 7) is 0. The van der Waals surface area contributed by atoms with Crippen molar-refractivity contribution in [2.75, 3.05) is 0 Å². The van der Waals surface area contributed by atoms with E-state index in [-0.39, 0.29) is 11.1 Å².